The minimum absolute atomic E-state index is 0.0706. The number of pyridine rings is 1. The molecule has 1 aliphatic heterocycles. The third-order valence-electron chi connectivity index (χ3n) is 5.95. The second-order valence-corrected chi connectivity index (χ2v) is 7.55. The van der Waals surface area contributed by atoms with Crippen molar-refractivity contribution in [3.05, 3.63) is 65.6 Å². The molecule has 8 heteroatoms. The molecule has 0 atom stereocenters. The standard InChI is InChI=1S/C21H17F3N4O/c1-27-19(29)16-3-2-8-28(16)17-10-12(4-5-14(17)20(27)6-7-20)13-9-15(21(22,23)24)18(25)26-11-13/h2-5,8-11H,6-7H2,1H3,(H2,25,26). The average Bonchev–Trinajstić information content (AvgIpc) is 3.35. The van der Waals surface area contributed by atoms with Crippen LogP contribution in [0, 0.1) is 0 Å². The first kappa shape index (κ1) is 17.8. The summed E-state index contributed by atoms with van der Waals surface area (Å²) in [7, 11) is 1.80. The van der Waals surface area contributed by atoms with Crippen LogP contribution in [0.5, 0.6) is 0 Å². The summed E-state index contributed by atoms with van der Waals surface area (Å²) < 4.78 is 41.6. The van der Waals surface area contributed by atoms with E-state index >= 15 is 0 Å². The Morgan fingerprint density at radius 1 is 1.14 bits per heavy atom. The number of carbonyl (C=O) groups is 1. The summed E-state index contributed by atoms with van der Waals surface area (Å²) in [6.45, 7) is 0. The van der Waals surface area contributed by atoms with Crippen LogP contribution in [0.15, 0.2) is 48.8 Å². The lowest BCUT2D eigenvalue weighted by Crippen LogP contribution is -2.36. The molecule has 5 rings (SSSR count). The van der Waals surface area contributed by atoms with Gasteiger partial charge in [-0.1, -0.05) is 12.1 Å². The number of amides is 1. The minimum Gasteiger partial charge on any atom is -0.383 e. The Bertz CT molecular complexity index is 1160. The van der Waals surface area contributed by atoms with Gasteiger partial charge in [0.15, 0.2) is 0 Å². The second-order valence-electron chi connectivity index (χ2n) is 7.55. The Morgan fingerprint density at radius 3 is 2.59 bits per heavy atom. The molecule has 2 aromatic heterocycles. The van der Waals surface area contributed by atoms with Gasteiger partial charge in [-0.25, -0.2) is 4.98 Å². The number of hydrogen-bond acceptors (Lipinski definition) is 3. The molecule has 2 aliphatic rings. The number of nitrogens with zero attached hydrogens (tertiary/aromatic N) is 3. The maximum atomic E-state index is 13.3. The molecule has 0 saturated heterocycles. The average molecular weight is 398 g/mol. The van der Waals surface area contributed by atoms with E-state index in [1.54, 1.807) is 40.9 Å². The molecule has 1 amide bonds. The molecular formula is C21H17F3N4O. The zero-order valence-corrected chi connectivity index (χ0v) is 15.5. The fourth-order valence-corrected chi connectivity index (χ4v) is 4.20. The van der Waals surface area contributed by atoms with Gasteiger partial charge in [-0.05, 0) is 42.7 Å². The smallest absolute Gasteiger partial charge is 0.383 e. The van der Waals surface area contributed by atoms with Gasteiger partial charge in [0.2, 0.25) is 0 Å². The SMILES string of the molecule is CN1C(=O)c2cccn2-c2cc(-c3cnc(N)c(C(F)(F)F)c3)ccc2C12CC2. The number of rotatable bonds is 1. The van der Waals surface area contributed by atoms with E-state index in [-0.39, 0.29) is 11.4 Å². The lowest BCUT2D eigenvalue weighted by molar-refractivity contribution is -0.137. The van der Waals surface area contributed by atoms with E-state index in [1.165, 1.54) is 6.20 Å². The number of alkyl halides is 3. The molecule has 1 saturated carbocycles. The number of carbonyl (C=O) groups excluding carboxylic acids is 1. The fourth-order valence-electron chi connectivity index (χ4n) is 4.20. The first-order chi connectivity index (χ1) is 13.7. The van der Waals surface area contributed by atoms with E-state index in [2.05, 4.69) is 4.98 Å². The summed E-state index contributed by atoms with van der Waals surface area (Å²) in [5, 5.41) is 0. The lowest BCUT2D eigenvalue weighted by atomic mass is 9.96. The number of anilines is 1. The molecule has 1 aromatic carbocycles. The number of fused-ring (bicyclic) bond motifs is 4. The summed E-state index contributed by atoms with van der Waals surface area (Å²) in [5.41, 5.74) is 7.32. The van der Waals surface area contributed by atoms with E-state index < -0.39 is 17.6 Å². The zero-order valence-electron chi connectivity index (χ0n) is 15.5. The number of aromatic nitrogens is 2. The van der Waals surface area contributed by atoms with Gasteiger partial charge in [-0.15, -0.1) is 0 Å². The molecule has 5 nitrogen and oxygen atoms in total. The van der Waals surface area contributed by atoms with Crippen molar-refractivity contribution >= 4 is 11.7 Å². The Labute approximate surface area is 164 Å². The topological polar surface area (TPSA) is 64.2 Å². The third-order valence-corrected chi connectivity index (χ3v) is 5.95. The largest absolute Gasteiger partial charge is 0.419 e. The van der Waals surface area contributed by atoms with Crippen molar-refractivity contribution in [2.24, 2.45) is 0 Å². The van der Waals surface area contributed by atoms with Crippen molar-refractivity contribution < 1.29 is 18.0 Å². The Kier molecular flexibility index (Phi) is 3.45. The van der Waals surface area contributed by atoms with Crippen LogP contribution in [-0.4, -0.2) is 27.4 Å². The molecule has 1 fully saturated rings. The minimum atomic E-state index is -4.58. The first-order valence-corrected chi connectivity index (χ1v) is 9.16. The molecule has 148 valence electrons. The maximum Gasteiger partial charge on any atom is 0.419 e. The normalized spacial score (nSPS) is 17.1. The summed E-state index contributed by atoms with van der Waals surface area (Å²) >= 11 is 0. The van der Waals surface area contributed by atoms with Crippen molar-refractivity contribution in [1.82, 2.24) is 14.5 Å². The predicted molar refractivity (Wildman–Crippen MR) is 101 cm³/mol. The van der Waals surface area contributed by atoms with Crippen LogP contribution in [0.1, 0.15) is 34.5 Å². The predicted octanol–water partition coefficient (Wildman–Crippen LogP) is 4.22. The molecule has 1 aliphatic carbocycles. The Hall–Kier alpha value is -3.29. The monoisotopic (exact) mass is 398 g/mol. The van der Waals surface area contributed by atoms with Gasteiger partial charge in [0, 0.05) is 30.6 Å². The third kappa shape index (κ3) is 2.48. The van der Waals surface area contributed by atoms with Gasteiger partial charge >= 0.3 is 6.18 Å². The van der Waals surface area contributed by atoms with Gasteiger partial charge in [0.05, 0.1) is 16.8 Å². The quantitative estimate of drug-likeness (QED) is 0.668. The number of nitrogen functional groups attached to an aromatic ring is 1. The molecule has 1 spiro atoms. The summed E-state index contributed by atoms with van der Waals surface area (Å²) in [4.78, 5) is 18.4. The molecule has 0 radical (unpaired) electrons. The van der Waals surface area contributed by atoms with Crippen molar-refractivity contribution in [2.45, 2.75) is 24.6 Å². The van der Waals surface area contributed by atoms with Crippen LogP contribution in [0.4, 0.5) is 19.0 Å². The van der Waals surface area contributed by atoms with Crippen LogP contribution in [0.2, 0.25) is 0 Å². The van der Waals surface area contributed by atoms with Crippen molar-refractivity contribution in [1.29, 1.82) is 0 Å². The van der Waals surface area contributed by atoms with Crippen LogP contribution in [0.3, 0.4) is 0 Å². The highest BCUT2D eigenvalue weighted by Gasteiger charge is 2.53. The first-order valence-electron chi connectivity index (χ1n) is 9.16. The van der Waals surface area contributed by atoms with E-state index in [9.17, 15) is 18.0 Å². The molecule has 3 aromatic rings. The number of halogens is 3. The van der Waals surface area contributed by atoms with Gasteiger partial charge < -0.3 is 15.2 Å². The number of nitrogens with two attached hydrogens (primary N) is 1. The van der Waals surface area contributed by atoms with E-state index in [1.807, 2.05) is 12.1 Å². The van der Waals surface area contributed by atoms with E-state index in [0.717, 1.165) is 30.2 Å². The second kappa shape index (κ2) is 5.62. The summed E-state index contributed by atoms with van der Waals surface area (Å²) in [6.07, 6.45) is 0.263. The van der Waals surface area contributed by atoms with Crippen LogP contribution in [0.25, 0.3) is 16.8 Å². The lowest BCUT2D eigenvalue weighted by Gasteiger charge is -2.27. The van der Waals surface area contributed by atoms with Gasteiger partial charge in [0.25, 0.3) is 5.91 Å². The van der Waals surface area contributed by atoms with Gasteiger partial charge in [-0.2, -0.15) is 13.2 Å². The van der Waals surface area contributed by atoms with Crippen molar-refractivity contribution in [3.8, 4) is 16.8 Å². The highest BCUT2D eigenvalue weighted by atomic mass is 19.4. The van der Waals surface area contributed by atoms with Crippen LogP contribution >= 0.6 is 0 Å². The summed E-state index contributed by atoms with van der Waals surface area (Å²) in [5.74, 6) is -0.619. The molecule has 0 bridgehead atoms. The van der Waals surface area contributed by atoms with Crippen molar-refractivity contribution in [3.63, 3.8) is 0 Å². The molecule has 2 N–H and O–H groups in total. The molecule has 0 unspecified atom stereocenters. The van der Waals surface area contributed by atoms with Crippen LogP contribution in [-0.2, 0) is 11.7 Å². The maximum absolute atomic E-state index is 13.3. The number of benzene rings is 1. The highest BCUT2D eigenvalue weighted by molar-refractivity contribution is 5.95. The highest BCUT2D eigenvalue weighted by Crippen LogP contribution is 2.54. The number of hydrogen-bond donors (Lipinski definition) is 1. The molecular weight excluding hydrogens is 381 g/mol. The molecule has 3 heterocycles. The Morgan fingerprint density at radius 2 is 1.90 bits per heavy atom. The zero-order chi connectivity index (χ0) is 20.6. The fraction of sp³-hybridized carbons (Fsp3) is 0.238. The summed E-state index contributed by atoms with van der Waals surface area (Å²) in [6, 6.07) is 10.1. The van der Waals surface area contributed by atoms with E-state index in [0.29, 0.717) is 16.8 Å². The van der Waals surface area contributed by atoms with Gasteiger partial charge in [-0.3, -0.25) is 4.79 Å². The van der Waals surface area contributed by atoms with Gasteiger partial charge in [0.1, 0.15) is 11.5 Å². The van der Waals surface area contributed by atoms with E-state index in [4.69, 9.17) is 5.73 Å². The van der Waals surface area contributed by atoms with Crippen molar-refractivity contribution in [2.75, 3.05) is 12.8 Å². The Balaban J connectivity index is 1.71. The van der Waals surface area contributed by atoms with Crippen LogP contribution < -0.4 is 5.73 Å². The molecule has 29 heavy (non-hydrogen) atoms.